The van der Waals surface area contributed by atoms with Crippen molar-refractivity contribution >= 4 is 17.5 Å². The molecule has 2 nitrogen and oxygen atoms in total. The third-order valence-electron chi connectivity index (χ3n) is 2.97. The number of hydrogen-bond acceptors (Lipinski definition) is 1. The molecular weight excluding hydrogens is 277 g/mol. The van der Waals surface area contributed by atoms with Crippen molar-refractivity contribution < 1.29 is 9.18 Å². The third kappa shape index (κ3) is 3.58. The van der Waals surface area contributed by atoms with Gasteiger partial charge in [-0.2, -0.15) is 0 Å². The molecule has 0 bridgehead atoms. The molecule has 4 heteroatoms. The fraction of sp³-hybridized carbons (Fsp3) is 0.188. The molecule has 1 N–H and O–H groups in total. The molecule has 2 aromatic rings. The van der Waals surface area contributed by atoms with E-state index in [0.29, 0.717) is 0 Å². The van der Waals surface area contributed by atoms with Crippen LogP contribution in [0.2, 0.25) is 0 Å². The van der Waals surface area contributed by atoms with Crippen molar-refractivity contribution in [1.82, 2.24) is 5.32 Å². The highest BCUT2D eigenvalue weighted by Crippen LogP contribution is 2.19. The van der Waals surface area contributed by atoms with Crippen molar-refractivity contribution in [1.29, 1.82) is 0 Å². The fourth-order valence-electron chi connectivity index (χ4n) is 1.86. The molecule has 0 aliphatic carbocycles. The molecule has 1 atom stereocenters. The molecule has 0 aliphatic rings. The molecule has 0 saturated carbocycles. The van der Waals surface area contributed by atoms with E-state index in [1.807, 2.05) is 30.3 Å². The van der Waals surface area contributed by atoms with Crippen LogP contribution in [0.4, 0.5) is 4.39 Å². The Morgan fingerprint density at radius 3 is 2.60 bits per heavy atom. The number of aryl methyl sites for hydroxylation is 1. The lowest BCUT2D eigenvalue weighted by Gasteiger charge is -2.11. The summed E-state index contributed by atoms with van der Waals surface area (Å²) >= 11 is 6.19. The van der Waals surface area contributed by atoms with E-state index in [-0.39, 0.29) is 17.5 Å². The lowest BCUT2D eigenvalue weighted by Crippen LogP contribution is -2.27. The molecule has 20 heavy (non-hydrogen) atoms. The van der Waals surface area contributed by atoms with Gasteiger partial charge in [0.1, 0.15) is 5.82 Å². The summed E-state index contributed by atoms with van der Waals surface area (Å²) in [6, 6.07) is 13.9. The molecule has 0 fully saturated rings. The van der Waals surface area contributed by atoms with E-state index >= 15 is 0 Å². The van der Waals surface area contributed by atoms with Crippen LogP contribution < -0.4 is 5.32 Å². The molecule has 1 unspecified atom stereocenters. The van der Waals surface area contributed by atoms with E-state index in [9.17, 15) is 9.18 Å². The standard InChI is InChI=1S/C16H15ClFNO/c1-11-7-8-13(15(18)9-11)16(20)19-10-14(17)12-5-3-2-4-6-12/h2-9,14H,10H2,1H3,(H,19,20). The first kappa shape index (κ1) is 14.5. The Bertz CT molecular complexity index is 601. The van der Waals surface area contributed by atoms with Crippen LogP contribution in [0.3, 0.4) is 0 Å². The van der Waals surface area contributed by atoms with Crippen LogP contribution >= 0.6 is 11.6 Å². The lowest BCUT2D eigenvalue weighted by atomic mass is 10.1. The Hall–Kier alpha value is -1.87. The minimum atomic E-state index is -0.520. The van der Waals surface area contributed by atoms with E-state index in [4.69, 9.17) is 11.6 Å². The summed E-state index contributed by atoms with van der Waals surface area (Å²) in [5.74, 6) is -0.975. The van der Waals surface area contributed by atoms with Crippen LogP contribution in [0.15, 0.2) is 48.5 Å². The normalized spacial score (nSPS) is 11.9. The number of alkyl halides is 1. The van der Waals surface area contributed by atoms with Crippen molar-refractivity contribution in [2.45, 2.75) is 12.3 Å². The summed E-state index contributed by atoms with van der Waals surface area (Å²) in [4.78, 5) is 11.9. The van der Waals surface area contributed by atoms with Gasteiger partial charge in [-0.05, 0) is 30.2 Å². The van der Waals surface area contributed by atoms with Gasteiger partial charge in [-0.15, -0.1) is 11.6 Å². The first-order valence-electron chi connectivity index (χ1n) is 6.31. The molecule has 0 aromatic heterocycles. The monoisotopic (exact) mass is 291 g/mol. The summed E-state index contributed by atoms with van der Waals surface area (Å²) in [6.07, 6.45) is 0. The quantitative estimate of drug-likeness (QED) is 0.852. The van der Waals surface area contributed by atoms with Crippen LogP contribution in [0, 0.1) is 12.7 Å². The van der Waals surface area contributed by atoms with E-state index in [1.165, 1.54) is 12.1 Å². The molecule has 1 amide bonds. The van der Waals surface area contributed by atoms with Gasteiger partial charge in [0.15, 0.2) is 0 Å². The molecule has 2 rings (SSSR count). The number of benzene rings is 2. The van der Waals surface area contributed by atoms with Crippen LogP contribution in [0.1, 0.15) is 26.9 Å². The smallest absolute Gasteiger partial charge is 0.254 e. The highest BCUT2D eigenvalue weighted by molar-refractivity contribution is 6.21. The number of nitrogens with one attached hydrogen (secondary N) is 1. The molecular formula is C16H15ClFNO. The highest BCUT2D eigenvalue weighted by Gasteiger charge is 2.14. The lowest BCUT2D eigenvalue weighted by molar-refractivity contribution is 0.0949. The van der Waals surface area contributed by atoms with E-state index in [0.717, 1.165) is 11.1 Å². The van der Waals surface area contributed by atoms with E-state index in [1.54, 1.807) is 13.0 Å². The Labute approximate surface area is 122 Å². The first-order valence-corrected chi connectivity index (χ1v) is 6.75. The van der Waals surface area contributed by atoms with Crippen molar-refractivity contribution in [2.75, 3.05) is 6.54 Å². The Morgan fingerprint density at radius 1 is 1.25 bits per heavy atom. The van der Waals surface area contributed by atoms with Gasteiger partial charge in [0.05, 0.1) is 10.9 Å². The second-order valence-corrected chi connectivity index (χ2v) is 5.10. The van der Waals surface area contributed by atoms with Crippen LogP contribution in [-0.2, 0) is 0 Å². The van der Waals surface area contributed by atoms with Crippen LogP contribution in [0.25, 0.3) is 0 Å². The van der Waals surface area contributed by atoms with Gasteiger partial charge in [0.2, 0.25) is 0 Å². The van der Waals surface area contributed by atoms with Crippen molar-refractivity contribution in [2.24, 2.45) is 0 Å². The molecule has 2 aromatic carbocycles. The summed E-state index contributed by atoms with van der Waals surface area (Å²) in [6.45, 7) is 2.02. The minimum absolute atomic E-state index is 0.0347. The SMILES string of the molecule is Cc1ccc(C(=O)NCC(Cl)c2ccccc2)c(F)c1. The van der Waals surface area contributed by atoms with E-state index in [2.05, 4.69) is 5.32 Å². The van der Waals surface area contributed by atoms with Gasteiger partial charge < -0.3 is 5.32 Å². The van der Waals surface area contributed by atoms with Gasteiger partial charge >= 0.3 is 0 Å². The number of carbonyl (C=O) groups excluding carboxylic acids is 1. The zero-order valence-electron chi connectivity index (χ0n) is 11.1. The number of halogens is 2. The summed E-state index contributed by atoms with van der Waals surface area (Å²) in [5.41, 5.74) is 1.73. The van der Waals surface area contributed by atoms with Gasteiger partial charge in [0, 0.05) is 6.54 Å². The average molecular weight is 292 g/mol. The third-order valence-corrected chi connectivity index (χ3v) is 3.38. The maximum absolute atomic E-state index is 13.7. The fourth-order valence-corrected chi connectivity index (χ4v) is 2.08. The molecule has 0 saturated heterocycles. The number of carbonyl (C=O) groups is 1. The summed E-state index contributed by atoms with van der Waals surface area (Å²) < 4.78 is 13.7. The second kappa shape index (κ2) is 6.53. The Balaban J connectivity index is 1.99. The van der Waals surface area contributed by atoms with Crippen molar-refractivity contribution in [3.05, 3.63) is 71.0 Å². The maximum Gasteiger partial charge on any atom is 0.254 e. The van der Waals surface area contributed by atoms with E-state index < -0.39 is 11.7 Å². The Kier molecular flexibility index (Phi) is 4.74. The van der Waals surface area contributed by atoms with Crippen molar-refractivity contribution in [3.63, 3.8) is 0 Å². The molecule has 0 heterocycles. The maximum atomic E-state index is 13.7. The zero-order valence-corrected chi connectivity index (χ0v) is 11.8. The number of hydrogen-bond donors (Lipinski definition) is 1. The highest BCUT2D eigenvalue weighted by atomic mass is 35.5. The largest absolute Gasteiger partial charge is 0.350 e. The van der Waals surface area contributed by atoms with Gasteiger partial charge in [-0.1, -0.05) is 36.4 Å². The van der Waals surface area contributed by atoms with Crippen LogP contribution in [0.5, 0.6) is 0 Å². The van der Waals surface area contributed by atoms with Gasteiger partial charge in [0.25, 0.3) is 5.91 Å². The molecule has 0 spiro atoms. The summed E-state index contributed by atoms with van der Waals surface area (Å²) in [5, 5.41) is 2.31. The predicted octanol–water partition coefficient (Wildman–Crippen LogP) is 3.84. The number of amides is 1. The molecule has 104 valence electrons. The topological polar surface area (TPSA) is 29.1 Å². The van der Waals surface area contributed by atoms with Crippen LogP contribution in [-0.4, -0.2) is 12.5 Å². The molecule has 0 aliphatic heterocycles. The predicted molar refractivity (Wildman–Crippen MR) is 78.5 cm³/mol. The number of rotatable bonds is 4. The Morgan fingerprint density at radius 2 is 1.95 bits per heavy atom. The molecule has 0 radical (unpaired) electrons. The van der Waals surface area contributed by atoms with Gasteiger partial charge in [-0.3, -0.25) is 4.79 Å². The summed E-state index contributed by atoms with van der Waals surface area (Å²) in [7, 11) is 0. The zero-order chi connectivity index (χ0) is 14.5. The minimum Gasteiger partial charge on any atom is -0.350 e. The van der Waals surface area contributed by atoms with Crippen molar-refractivity contribution in [3.8, 4) is 0 Å². The second-order valence-electron chi connectivity index (χ2n) is 4.57. The van der Waals surface area contributed by atoms with Gasteiger partial charge in [-0.25, -0.2) is 4.39 Å². The first-order chi connectivity index (χ1) is 9.58. The average Bonchev–Trinajstić information content (AvgIpc) is 2.45.